The first-order chi connectivity index (χ1) is 12.4. The van der Waals surface area contributed by atoms with E-state index in [1.807, 2.05) is 30.5 Å². The smallest absolute Gasteiger partial charge is 0.347 e. The number of rotatable bonds is 6. The van der Waals surface area contributed by atoms with Crippen molar-refractivity contribution in [1.82, 2.24) is 4.98 Å². The number of aromatic nitrogens is 1. The highest BCUT2D eigenvalue weighted by atomic mass is 16.5. The van der Waals surface area contributed by atoms with Gasteiger partial charge in [0.25, 0.3) is 0 Å². The number of carbonyl (C=O) groups is 1. The van der Waals surface area contributed by atoms with Crippen molar-refractivity contribution in [3.05, 3.63) is 59.8 Å². The fraction of sp³-hybridized carbons (Fsp3) is 0.286. The Morgan fingerprint density at radius 1 is 1.04 bits per heavy atom. The van der Waals surface area contributed by atoms with Crippen LogP contribution in [0.5, 0.6) is 11.5 Å². The molecule has 0 aliphatic heterocycles. The van der Waals surface area contributed by atoms with Crippen molar-refractivity contribution in [3.63, 3.8) is 0 Å². The Balaban J connectivity index is 1.92. The third-order valence-electron chi connectivity index (χ3n) is 4.33. The number of aromatic amines is 1. The lowest BCUT2D eigenvalue weighted by atomic mass is 10.1. The van der Waals surface area contributed by atoms with Crippen LogP contribution in [-0.2, 0) is 6.42 Å². The maximum atomic E-state index is 12.7. The molecule has 0 amide bonds. The van der Waals surface area contributed by atoms with Crippen LogP contribution in [0.2, 0.25) is 0 Å². The van der Waals surface area contributed by atoms with Crippen molar-refractivity contribution in [2.75, 3.05) is 34.8 Å². The number of fused-ring (bicyclic) bond motifs is 1. The van der Waals surface area contributed by atoms with Gasteiger partial charge < -0.3 is 18.9 Å². The molecule has 1 aromatic heterocycles. The third-order valence-corrected chi connectivity index (χ3v) is 4.33. The molecule has 3 rings (SSSR count). The van der Waals surface area contributed by atoms with E-state index in [-0.39, 0.29) is 0 Å². The second-order valence-electron chi connectivity index (χ2n) is 7.35. The molecule has 0 atom stereocenters. The number of likely N-dealkylation sites (N-methyl/N-ethyl adjacent to an activating group) is 1. The van der Waals surface area contributed by atoms with Gasteiger partial charge in [0.1, 0.15) is 17.1 Å². The zero-order valence-electron chi connectivity index (χ0n) is 15.7. The predicted octanol–water partition coefficient (Wildman–Crippen LogP) is 3.64. The van der Waals surface area contributed by atoms with E-state index in [9.17, 15) is 4.79 Å². The number of H-pyrrole nitrogens is 1. The molecule has 1 heterocycles. The Labute approximate surface area is 153 Å². The van der Waals surface area contributed by atoms with Gasteiger partial charge in [-0.05, 0) is 29.8 Å². The molecular formula is C21H25N2O3+. The van der Waals surface area contributed by atoms with Crippen molar-refractivity contribution < 1.29 is 18.8 Å². The van der Waals surface area contributed by atoms with Crippen molar-refractivity contribution in [3.8, 4) is 11.5 Å². The van der Waals surface area contributed by atoms with E-state index in [0.717, 1.165) is 33.9 Å². The highest BCUT2D eigenvalue weighted by Gasteiger charge is 2.18. The normalized spacial score (nSPS) is 11.5. The number of hydrogen-bond donors (Lipinski definition) is 1. The van der Waals surface area contributed by atoms with Crippen molar-refractivity contribution in [2.24, 2.45) is 0 Å². The van der Waals surface area contributed by atoms with Crippen LogP contribution in [0.4, 0.5) is 0 Å². The minimum atomic E-state index is -0.422. The molecule has 0 fully saturated rings. The summed E-state index contributed by atoms with van der Waals surface area (Å²) in [6.07, 6.45) is 2.90. The quantitative estimate of drug-likeness (QED) is 0.418. The van der Waals surface area contributed by atoms with Gasteiger partial charge in [0.15, 0.2) is 0 Å². The summed E-state index contributed by atoms with van der Waals surface area (Å²) in [5, 5.41) is 0.962. The van der Waals surface area contributed by atoms with Gasteiger partial charge in [0.2, 0.25) is 0 Å². The number of carbonyl (C=O) groups excluding carboxylic acids is 1. The fourth-order valence-corrected chi connectivity index (χ4v) is 2.93. The van der Waals surface area contributed by atoms with E-state index in [4.69, 9.17) is 9.47 Å². The molecule has 136 valence electrons. The Morgan fingerprint density at radius 3 is 2.50 bits per heavy atom. The molecule has 0 saturated heterocycles. The van der Waals surface area contributed by atoms with Crippen LogP contribution >= 0.6 is 0 Å². The summed E-state index contributed by atoms with van der Waals surface area (Å²) in [6.45, 7) is 0.988. The average Bonchev–Trinajstić information content (AvgIpc) is 3.03. The number of hydrogen-bond acceptors (Lipinski definition) is 3. The fourth-order valence-electron chi connectivity index (χ4n) is 2.93. The first-order valence-electron chi connectivity index (χ1n) is 8.63. The van der Waals surface area contributed by atoms with Gasteiger partial charge in [0.05, 0.1) is 34.8 Å². The van der Waals surface area contributed by atoms with Gasteiger partial charge in [-0.1, -0.05) is 18.2 Å². The molecule has 0 unspecified atom stereocenters. The Kier molecular flexibility index (Phi) is 5.00. The summed E-state index contributed by atoms with van der Waals surface area (Å²) in [5.41, 5.74) is 2.53. The highest BCUT2D eigenvalue weighted by molar-refractivity contribution is 5.97. The topological polar surface area (TPSA) is 51.3 Å². The third kappa shape index (κ3) is 3.89. The summed E-state index contributed by atoms with van der Waals surface area (Å²) in [4.78, 5) is 15.9. The Hall–Kier alpha value is -2.79. The molecular weight excluding hydrogens is 328 g/mol. The van der Waals surface area contributed by atoms with Crippen LogP contribution in [0, 0.1) is 0 Å². The average molecular weight is 353 g/mol. The van der Waals surface area contributed by atoms with Crippen LogP contribution in [0.1, 0.15) is 15.9 Å². The molecule has 0 spiro atoms. The van der Waals surface area contributed by atoms with Gasteiger partial charge in [0, 0.05) is 23.5 Å². The first-order valence-corrected chi connectivity index (χ1v) is 8.63. The number of ether oxygens (including phenoxy) is 2. The predicted molar refractivity (Wildman–Crippen MR) is 103 cm³/mol. The van der Waals surface area contributed by atoms with E-state index in [0.29, 0.717) is 17.1 Å². The highest BCUT2D eigenvalue weighted by Crippen LogP contribution is 2.31. The summed E-state index contributed by atoms with van der Waals surface area (Å²) in [5.74, 6) is 0.647. The van der Waals surface area contributed by atoms with E-state index in [2.05, 4.69) is 26.1 Å². The van der Waals surface area contributed by atoms with E-state index >= 15 is 0 Å². The molecule has 0 bridgehead atoms. The van der Waals surface area contributed by atoms with Gasteiger partial charge in [-0.15, -0.1) is 0 Å². The van der Waals surface area contributed by atoms with Crippen molar-refractivity contribution in [2.45, 2.75) is 6.42 Å². The molecule has 26 heavy (non-hydrogen) atoms. The lowest BCUT2D eigenvalue weighted by Crippen LogP contribution is -2.36. The molecule has 0 radical (unpaired) electrons. The van der Waals surface area contributed by atoms with E-state index in [1.54, 1.807) is 25.3 Å². The molecule has 5 nitrogen and oxygen atoms in total. The second kappa shape index (κ2) is 7.22. The zero-order chi connectivity index (χ0) is 18.7. The molecule has 0 aliphatic rings. The number of nitrogens with zero attached hydrogens (tertiary/aromatic N) is 1. The van der Waals surface area contributed by atoms with Crippen LogP contribution < -0.4 is 9.47 Å². The number of quaternary nitrogens is 1. The largest absolute Gasteiger partial charge is 0.496 e. The summed E-state index contributed by atoms with van der Waals surface area (Å²) >= 11 is 0. The maximum Gasteiger partial charge on any atom is 0.347 e. The number of esters is 1. The molecule has 0 aliphatic carbocycles. The van der Waals surface area contributed by atoms with E-state index < -0.39 is 5.97 Å². The summed E-state index contributed by atoms with van der Waals surface area (Å²) < 4.78 is 11.9. The van der Waals surface area contributed by atoms with Crippen LogP contribution in [0.15, 0.2) is 48.7 Å². The lowest BCUT2D eigenvalue weighted by molar-refractivity contribution is -0.870. The Bertz CT molecular complexity index is 922. The lowest BCUT2D eigenvalue weighted by Gasteiger charge is -2.23. The van der Waals surface area contributed by atoms with E-state index in [1.165, 1.54) is 0 Å². The minimum Gasteiger partial charge on any atom is -0.496 e. The zero-order valence-corrected chi connectivity index (χ0v) is 15.7. The molecule has 3 aromatic rings. The summed E-state index contributed by atoms with van der Waals surface area (Å²) in [6, 6.07) is 12.8. The standard InChI is InChI=1S/C21H25N2O3/c1-23(2,3)13-12-15-14-22-17-9-7-11-19(20(15)17)26-21(24)16-8-5-6-10-18(16)25-4/h5-11,14,22H,12-13H2,1-4H3/q+1. The maximum absolute atomic E-state index is 12.7. The van der Waals surface area contributed by atoms with Crippen molar-refractivity contribution in [1.29, 1.82) is 0 Å². The van der Waals surface area contributed by atoms with Crippen LogP contribution in [0.3, 0.4) is 0 Å². The van der Waals surface area contributed by atoms with Gasteiger partial charge in [-0.3, -0.25) is 0 Å². The molecule has 0 saturated carbocycles. The Morgan fingerprint density at radius 2 is 1.77 bits per heavy atom. The van der Waals surface area contributed by atoms with Crippen LogP contribution in [-0.4, -0.2) is 50.2 Å². The van der Waals surface area contributed by atoms with Crippen molar-refractivity contribution >= 4 is 16.9 Å². The second-order valence-corrected chi connectivity index (χ2v) is 7.35. The summed E-state index contributed by atoms with van der Waals surface area (Å²) in [7, 11) is 8.04. The first kappa shape index (κ1) is 18.0. The molecule has 2 aromatic carbocycles. The number of methoxy groups -OCH3 is 1. The monoisotopic (exact) mass is 353 g/mol. The number of para-hydroxylation sites is 1. The minimum absolute atomic E-state index is 0.412. The van der Waals surface area contributed by atoms with Crippen LogP contribution in [0.25, 0.3) is 10.9 Å². The number of benzene rings is 2. The molecule has 1 N–H and O–H groups in total. The van der Waals surface area contributed by atoms with Gasteiger partial charge >= 0.3 is 5.97 Å². The van der Waals surface area contributed by atoms with Gasteiger partial charge in [-0.2, -0.15) is 0 Å². The van der Waals surface area contributed by atoms with Gasteiger partial charge in [-0.25, -0.2) is 4.79 Å². The number of nitrogens with one attached hydrogen (secondary N) is 1. The SMILES string of the molecule is COc1ccccc1C(=O)Oc1cccc2[nH]cc(CC[N+](C)(C)C)c12. The molecule has 5 heteroatoms.